The number of fused-ring (bicyclic) bond motifs is 1. The van der Waals surface area contributed by atoms with Gasteiger partial charge in [0.15, 0.2) is 15.8 Å². The zero-order valence-electron chi connectivity index (χ0n) is 22.7. The van der Waals surface area contributed by atoms with Crippen molar-refractivity contribution in [2.45, 2.75) is 35.9 Å². The van der Waals surface area contributed by atoms with Crippen LogP contribution in [-0.2, 0) is 15.3 Å². The number of ether oxygens (including phenoxy) is 2. The Labute approximate surface area is 255 Å². The third-order valence-corrected chi connectivity index (χ3v) is 9.44. The highest BCUT2D eigenvalue weighted by atomic mass is 35.5. The molecule has 1 N–H and O–H groups in total. The monoisotopic (exact) mass is 619 g/mol. The first-order chi connectivity index (χ1) is 20.3. The van der Waals surface area contributed by atoms with Crippen LogP contribution in [0.5, 0.6) is 11.5 Å². The Morgan fingerprint density at radius 1 is 1.02 bits per heavy atom. The first-order valence-electron chi connectivity index (χ1n) is 13.3. The maximum Gasteiger partial charge on any atom is 0.301 e. The number of hydrogen-bond donors (Lipinski definition) is 1. The first kappa shape index (κ1) is 28.3. The van der Waals surface area contributed by atoms with Crippen LogP contribution in [0, 0.1) is 0 Å². The van der Waals surface area contributed by atoms with Gasteiger partial charge in [0.05, 0.1) is 11.6 Å². The number of anilines is 1. The summed E-state index contributed by atoms with van der Waals surface area (Å²) in [6.45, 7) is 4.98. The number of rotatable bonds is 7. The molecule has 0 saturated carbocycles. The molecule has 1 saturated heterocycles. The van der Waals surface area contributed by atoms with E-state index in [1.165, 1.54) is 28.0 Å². The Hall–Kier alpha value is -3.86. The van der Waals surface area contributed by atoms with Crippen LogP contribution in [0.2, 0.25) is 5.02 Å². The second kappa shape index (κ2) is 11.8. The fraction of sp³-hybridized carbons (Fsp3) is 0.226. The van der Waals surface area contributed by atoms with Crippen LogP contribution >= 0.6 is 34.7 Å². The van der Waals surface area contributed by atoms with Gasteiger partial charge in [0.2, 0.25) is 5.13 Å². The predicted octanol–water partition coefficient (Wildman–Crippen LogP) is 7.00. The molecule has 0 aliphatic carbocycles. The van der Waals surface area contributed by atoms with Crippen molar-refractivity contribution >= 4 is 57.3 Å². The summed E-state index contributed by atoms with van der Waals surface area (Å²) in [7, 11) is 0. The Morgan fingerprint density at radius 2 is 1.74 bits per heavy atom. The van der Waals surface area contributed by atoms with E-state index in [1.54, 1.807) is 18.2 Å². The zero-order chi connectivity index (χ0) is 29.4. The molecule has 1 atom stereocenters. The zero-order valence-corrected chi connectivity index (χ0v) is 25.1. The molecule has 2 aliphatic rings. The van der Waals surface area contributed by atoms with Gasteiger partial charge in [-0.1, -0.05) is 84.9 Å². The lowest BCUT2D eigenvalue weighted by atomic mass is 9.93. The number of aliphatic hydroxyl groups is 1. The van der Waals surface area contributed by atoms with E-state index in [1.807, 2.05) is 48.5 Å². The number of amides is 1. The van der Waals surface area contributed by atoms with Crippen LogP contribution in [0.15, 0.2) is 76.6 Å². The summed E-state index contributed by atoms with van der Waals surface area (Å²) >= 11 is 8.69. The number of thioether (sulfide) groups is 1. The van der Waals surface area contributed by atoms with E-state index in [4.69, 9.17) is 21.1 Å². The molecule has 3 heterocycles. The highest BCUT2D eigenvalue weighted by Crippen LogP contribution is 2.45. The number of aliphatic hydroxyl groups excluding tert-OH is 1. The molecule has 8 nitrogen and oxygen atoms in total. The Kier molecular flexibility index (Phi) is 7.94. The first-order valence-corrected chi connectivity index (χ1v) is 15.5. The molecule has 42 heavy (non-hydrogen) atoms. The summed E-state index contributed by atoms with van der Waals surface area (Å²) in [5.74, 6) is 0.0670. The number of nitrogens with zero attached hydrogens (tertiary/aromatic N) is 3. The standard InChI is InChI=1S/C31H26ClN3O5S2/c1-17(2)19-5-7-20(8-6-19)26-25(27(36)21-9-12-23-24(15-21)40-14-13-39-23)28(37)29(38)35(26)30-33-34-31(42-30)41-16-18-3-10-22(32)11-4-18/h3-12,15,17,26,36H,13-14,16H2,1-2H3/b27-25+. The quantitative estimate of drug-likeness (QED) is 0.0775. The van der Waals surface area contributed by atoms with Gasteiger partial charge in [0.1, 0.15) is 19.0 Å². The molecule has 11 heteroatoms. The molecule has 214 valence electrons. The maximum absolute atomic E-state index is 13.6. The second-order valence-corrected chi connectivity index (χ2v) is 12.7. The number of ketones is 1. The minimum absolute atomic E-state index is 0.0282. The number of Topliss-reactive ketones (excluding diaryl/α,β-unsaturated/α-hetero) is 1. The number of halogens is 1. The van der Waals surface area contributed by atoms with Gasteiger partial charge in [-0.05, 0) is 52.9 Å². The van der Waals surface area contributed by atoms with Gasteiger partial charge >= 0.3 is 5.91 Å². The van der Waals surface area contributed by atoms with Crippen LogP contribution < -0.4 is 14.4 Å². The molecular formula is C31H26ClN3O5S2. The number of benzene rings is 3. The average molecular weight is 620 g/mol. The number of aromatic nitrogens is 2. The minimum Gasteiger partial charge on any atom is -0.507 e. The van der Waals surface area contributed by atoms with Gasteiger partial charge < -0.3 is 14.6 Å². The lowest BCUT2D eigenvalue weighted by molar-refractivity contribution is -0.132. The van der Waals surface area contributed by atoms with Crippen LogP contribution in [0.1, 0.15) is 48.1 Å². The largest absolute Gasteiger partial charge is 0.507 e. The minimum atomic E-state index is -0.901. The van der Waals surface area contributed by atoms with Gasteiger partial charge in [0, 0.05) is 16.3 Å². The molecule has 1 unspecified atom stereocenters. The van der Waals surface area contributed by atoms with Crippen molar-refractivity contribution in [3.05, 3.63) is 99.6 Å². The van der Waals surface area contributed by atoms with Crippen molar-refractivity contribution < 1.29 is 24.2 Å². The SMILES string of the molecule is CC(C)c1ccc(C2/C(=C(\O)c3ccc4c(c3)OCCO4)C(=O)C(=O)N2c2nnc(SCc3ccc(Cl)cc3)s2)cc1. The van der Waals surface area contributed by atoms with Crippen LogP contribution in [0.25, 0.3) is 5.76 Å². The Balaban J connectivity index is 1.39. The summed E-state index contributed by atoms with van der Waals surface area (Å²) in [5.41, 5.74) is 3.16. The molecule has 6 rings (SSSR count). The predicted molar refractivity (Wildman–Crippen MR) is 164 cm³/mol. The smallest absolute Gasteiger partial charge is 0.301 e. The molecular weight excluding hydrogens is 594 g/mol. The Bertz CT molecular complexity index is 1690. The van der Waals surface area contributed by atoms with Gasteiger partial charge in [-0.3, -0.25) is 14.5 Å². The van der Waals surface area contributed by atoms with E-state index in [9.17, 15) is 14.7 Å². The molecule has 4 aromatic rings. The summed E-state index contributed by atoms with van der Waals surface area (Å²) in [6.07, 6.45) is 0. The van der Waals surface area contributed by atoms with E-state index < -0.39 is 17.7 Å². The third kappa shape index (κ3) is 5.49. The molecule has 1 fully saturated rings. The lowest BCUT2D eigenvalue weighted by Crippen LogP contribution is -2.29. The van der Waals surface area contributed by atoms with Crippen LogP contribution in [0.3, 0.4) is 0 Å². The molecule has 1 amide bonds. The fourth-order valence-corrected chi connectivity index (χ4v) is 6.79. The number of hydrogen-bond acceptors (Lipinski definition) is 9. The number of carbonyl (C=O) groups is 2. The molecule has 0 bridgehead atoms. The highest BCUT2D eigenvalue weighted by Gasteiger charge is 2.48. The van der Waals surface area contributed by atoms with E-state index in [2.05, 4.69) is 24.0 Å². The number of carbonyl (C=O) groups excluding carboxylic acids is 2. The molecule has 0 radical (unpaired) electrons. The summed E-state index contributed by atoms with van der Waals surface area (Å²) in [5, 5.41) is 21.0. The Morgan fingerprint density at radius 3 is 2.45 bits per heavy atom. The second-order valence-electron chi connectivity index (χ2n) is 10.1. The van der Waals surface area contributed by atoms with Crippen LogP contribution in [-0.4, -0.2) is 40.2 Å². The van der Waals surface area contributed by atoms with Crippen molar-refractivity contribution in [2.24, 2.45) is 0 Å². The molecule has 0 spiro atoms. The fourth-order valence-electron chi connectivity index (χ4n) is 4.84. The van der Waals surface area contributed by atoms with Crippen molar-refractivity contribution in [2.75, 3.05) is 18.1 Å². The summed E-state index contributed by atoms with van der Waals surface area (Å²) in [4.78, 5) is 28.5. The highest BCUT2D eigenvalue weighted by molar-refractivity contribution is 8.00. The van der Waals surface area contributed by atoms with Gasteiger partial charge in [-0.15, -0.1) is 10.2 Å². The van der Waals surface area contributed by atoms with Gasteiger partial charge in [-0.25, -0.2) is 0 Å². The molecule has 1 aromatic heterocycles. The summed E-state index contributed by atoms with van der Waals surface area (Å²) in [6, 6.07) is 19.3. The van der Waals surface area contributed by atoms with Crippen molar-refractivity contribution in [3.63, 3.8) is 0 Å². The molecule has 2 aliphatic heterocycles. The average Bonchev–Trinajstić information content (AvgIpc) is 3.58. The lowest BCUT2D eigenvalue weighted by Gasteiger charge is -2.23. The normalized spacial score (nSPS) is 17.7. The van der Waals surface area contributed by atoms with Crippen molar-refractivity contribution in [3.8, 4) is 11.5 Å². The van der Waals surface area contributed by atoms with Crippen molar-refractivity contribution in [1.29, 1.82) is 0 Å². The topological polar surface area (TPSA) is 102 Å². The van der Waals surface area contributed by atoms with Gasteiger partial charge in [0.25, 0.3) is 5.78 Å². The van der Waals surface area contributed by atoms with Crippen molar-refractivity contribution in [1.82, 2.24) is 10.2 Å². The summed E-state index contributed by atoms with van der Waals surface area (Å²) < 4.78 is 11.9. The molecule has 3 aromatic carbocycles. The van der Waals surface area contributed by atoms with Gasteiger partial charge in [-0.2, -0.15) is 0 Å². The van der Waals surface area contributed by atoms with E-state index in [-0.39, 0.29) is 16.5 Å². The third-order valence-electron chi connectivity index (χ3n) is 7.06. The van der Waals surface area contributed by atoms with E-state index in [0.717, 1.165) is 11.1 Å². The maximum atomic E-state index is 13.6. The van der Waals surface area contributed by atoms with Crippen LogP contribution in [0.4, 0.5) is 5.13 Å². The van der Waals surface area contributed by atoms with E-state index in [0.29, 0.717) is 56.9 Å². The van der Waals surface area contributed by atoms with E-state index >= 15 is 0 Å².